The fraction of sp³-hybridized carbons (Fsp3) is 0.100. The lowest BCUT2D eigenvalue weighted by molar-refractivity contribution is 1.18. The molecule has 0 saturated carbocycles. The molecule has 0 aliphatic carbocycles. The Bertz CT molecular complexity index is 1820. The maximum absolute atomic E-state index is 2.34. The van der Waals surface area contributed by atoms with Crippen LogP contribution in [0.2, 0.25) is 0 Å². The molecule has 0 N–H and O–H groups in total. The van der Waals surface area contributed by atoms with Gasteiger partial charge in [-0.05, 0) is 80.3 Å². The van der Waals surface area contributed by atoms with Gasteiger partial charge in [0.2, 0.25) is 0 Å². The van der Waals surface area contributed by atoms with Crippen molar-refractivity contribution in [3.8, 4) is 16.8 Å². The van der Waals surface area contributed by atoms with E-state index in [9.17, 15) is 0 Å². The zero-order valence-corrected chi connectivity index (χ0v) is 24.4. The van der Waals surface area contributed by atoms with Gasteiger partial charge in [-0.15, -0.1) is 0 Å². The Labute approximate surface area is 244 Å². The van der Waals surface area contributed by atoms with Crippen molar-refractivity contribution in [2.24, 2.45) is 0 Å². The molecule has 202 valence electrons. The number of benzene rings is 6. The zero-order chi connectivity index (χ0) is 28.6. The molecule has 7 aromatic rings. The van der Waals surface area contributed by atoms with E-state index in [1.807, 2.05) is 18.2 Å². The minimum atomic E-state index is 1.21. The minimum Gasteiger partial charge on any atom is -0.309 e. The summed E-state index contributed by atoms with van der Waals surface area (Å²) in [7, 11) is 0. The number of aromatic nitrogens is 1. The second-order valence-electron chi connectivity index (χ2n) is 10.5. The van der Waals surface area contributed by atoms with Crippen molar-refractivity contribution in [3.05, 3.63) is 174 Å². The van der Waals surface area contributed by atoms with Crippen molar-refractivity contribution in [2.75, 3.05) is 0 Å². The predicted octanol–water partition coefficient (Wildman–Crippen LogP) is 11.1. The van der Waals surface area contributed by atoms with Gasteiger partial charge in [0.15, 0.2) is 0 Å². The van der Waals surface area contributed by atoms with Gasteiger partial charge in [-0.25, -0.2) is 0 Å². The first kappa shape index (κ1) is 27.7. The highest BCUT2D eigenvalue weighted by Crippen LogP contribution is 2.32. The average molecular weight is 532 g/mol. The van der Waals surface area contributed by atoms with Gasteiger partial charge < -0.3 is 4.57 Å². The molecule has 0 fully saturated rings. The van der Waals surface area contributed by atoms with E-state index in [-0.39, 0.29) is 0 Å². The van der Waals surface area contributed by atoms with Crippen molar-refractivity contribution in [1.82, 2.24) is 4.57 Å². The third-order valence-corrected chi connectivity index (χ3v) is 7.36. The standard InChI is InChI=1S/C19H15N.C14H14.C7H8/c1-14-11-12-19-17(13-14)16-9-5-6-10-18(16)20(19)15-7-3-2-4-8-15;1-11-7-3-5-9-13(11)14-10-6-4-8-12(14)2;1-7-5-3-2-4-6-7/h2-13H,1H3;3-10H,1-2H3;2-6H,1H3. The van der Waals surface area contributed by atoms with Gasteiger partial charge in [-0.1, -0.05) is 132 Å². The Morgan fingerprint density at radius 3 is 1.41 bits per heavy atom. The topological polar surface area (TPSA) is 4.93 Å². The molecule has 1 aromatic heterocycles. The predicted molar refractivity (Wildman–Crippen MR) is 178 cm³/mol. The van der Waals surface area contributed by atoms with Crippen molar-refractivity contribution in [3.63, 3.8) is 0 Å². The third-order valence-electron chi connectivity index (χ3n) is 7.36. The molecular formula is C40H37N. The summed E-state index contributed by atoms with van der Waals surface area (Å²) in [5.41, 5.74) is 11.7. The van der Waals surface area contributed by atoms with Crippen molar-refractivity contribution < 1.29 is 0 Å². The van der Waals surface area contributed by atoms with E-state index in [0.717, 1.165) is 0 Å². The summed E-state index contributed by atoms with van der Waals surface area (Å²) < 4.78 is 2.34. The largest absolute Gasteiger partial charge is 0.309 e. The van der Waals surface area contributed by atoms with Crippen LogP contribution in [0.5, 0.6) is 0 Å². The molecule has 0 unspecified atom stereocenters. The lowest BCUT2D eigenvalue weighted by Gasteiger charge is -2.08. The van der Waals surface area contributed by atoms with Crippen LogP contribution < -0.4 is 0 Å². The smallest absolute Gasteiger partial charge is 0.0541 e. The highest BCUT2D eigenvalue weighted by Gasteiger charge is 2.11. The Kier molecular flexibility index (Phi) is 8.76. The quantitative estimate of drug-likeness (QED) is 0.209. The number of nitrogens with zero attached hydrogens (tertiary/aromatic N) is 1. The van der Waals surface area contributed by atoms with E-state index in [4.69, 9.17) is 0 Å². The lowest BCUT2D eigenvalue weighted by Crippen LogP contribution is -1.92. The van der Waals surface area contributed by atoms with E-state index >= 15 is 0 Å². The van der Waals surface area contributed by atoms with Crippen LogP contribution in [0, 0.1) is 27.7 Å². The molecule has 41 heavy (non-hydrogen) atoms. The second-order valence-corrected chi connectivity index (χ2v) is 10.5. The molecule has 0 radical (unpaired) electrons. The Morgan fingerprint density at radius 1 is 0.366 bits per heavy atom. The first-order valence-corrected chi connectivity index (χ1v) is 14.2. The molecular weight excluding hydrogens is 494 g/mol. The third kappa shape index (κ3) is 6.48. The molecule has 6 aromatic carbocycles. The normalized spacial score (nSPS) is 10.4. The van der Waals surface area contributed by atoms with E-state index in [0.29, 0.717) is 0 Å². The van der Waals surface area contributed by atoms with Crippen LogP contribution in [0.1, 0.15) is 22.3 Å². The molecule has 0 saturated heterocycles. The molecule has 0 spiro atoms. The minimum absolute atomic E-state index is 1.21. The van der Waals surface area contributed by atoms with Gasteiger partial charge in [0, 0.05) is 16.5 Å². The summed E-state index contributed by atoms with van der Waals surface area (Å²) in [6, 6.07) is 53.1. The number of aryl methyl sites for hydroxylation is 4. The number of hydrogen-bond donors (Lipinski definition) is 0. The Balaban J connectivity index is 0.000000139. The number of para-hydroxylation sites is 2. The molecule has 0 aliphatic rings. The molecule has 7 rings (SSSR count). The molecule has 0 aliphatic heterocycles. The maximum atomic E-state index is 2.34. The summed E-state index contributed by atoms with van der Waals surface area (Å²) in [4.78, 5) is 0. The number of fused-ring (bicyclic) bond motifs is 3. The number of rotatable bonds is 2. The van der Waals surface area contributed by atoms with Crippen LogP contribution in [0.25, 0.3) is 38.6 Å². The molecule has 0 atom stereocenters. The summed E-state index contributed by atoms with van der Waals surface area (Å²) in [5, 5.41) is 2.64. The Morgan fingerprint density at radius 2 is 0.854 bits per heavy atom. The van der Waals surface area contributed by atoms with Crippen LogP contribution in [0.15, 0.2) is 152 Å². The SMILES string of the molecule is Cc1ccc2c(c1)c1ccccc1n2-c1ccccc1.Cc1ccccc1.Cc1ccccc1-c1ccccc1C. The van der Waals surface area contributed by atoms with E-state index in [1.54, 1.807) is 0 Å². The van der Waals surface area contributed by atoms with Crippen molar-refractivity contribution in [1.29, 1.82) is 0 Å². The van der Waals surface area contributed by atoms with Crippen LogP contribution in [0.4, 0.5) is 0 Å². The maximum Gasteiger partial charge on any atom is 0.0541 e. The lowest BCUT2D eigenvalue weighted by atomic mass is 9.97. The van der Waals surface area contributed by atoms with Gasteiger partial charge in [-0.2, -0.15) is 0 Å². The molecule has 1 nitrogen and oxygen atoms in total. The molecule has 1 heteroatoms. The monoisotopic (exact) mass is 531 g/mol. The fourth-order valence-corrected chi connectivity index (χ4v) is 5.23. The van der Waals surface area contributed by atoms with Gasteiger partial charge in [0.1, 0.15) is 0 Å². The summed E-state index contributed by atoms with van der Waals surface area (Å²) >= 11 is 0. The highest BCUT2D eigenvalue weighted by molar-refractivity contribution is 6.09. The summed E-state index contributed by atoms with van der Waals surface area (Å²) in [6.45, 7) is 8.54. The van der Waals surface area contributed by atoms with Crippen molar-refractivity contribution >= 4 is 21.8 Å². The summed E-state index contributed by atoms with van der Waals surface area (Å²) in [5.74, 6) is 0. The van der Waals surface area contributed by atoms with Gasteiger partial charge >= 0.3 is 0 Å². The first-order chi connectivity index (χ1) is 20.0. The highest BCUT2D eigenvalue weighted by atomic mass is 15.0. The Hall–Kier alpha value is -4.88. The van der Waals surface area contributed by atoms with E-state index < -0.39 is 0 Å². The average Bonchev–Trinajstić information content (AvgIpc) is 3.33. The fourth-order valence-electron chi connectivity index (χ4n) is 5.23. The molecule has 0 amide bonds. The van der Waals surface area contributed by atoms with E-state index in [1.165, 1.54) is 60.9 Å². The van der Waals surface area contributed by atoms with Crippen LogP contribution in [-0.2, 0) is 0 Å². The van der Waals surface area contributed by atoms with E-state index in [2.05, 4.69) is 166 Å². The van der Waals surface area contributed by atoms with Gasteiger partial charge in [-0.3, -0.25) is 0 Å². The summed E-state index contributed by atoms with van der Waals surface area (Å²) in [6.07, 6.45) is 0. The number of hydrogen-bond acceptors (Lipinski definition) is 0. The molecule has 0 bridgehead atoms. The van der Waals surface area contributed by atoms with Gasteiger partial charge in [0.05, 0.1) is 11.0 Å². The first-order valence-electron chi connectivity index (χ1n) is 14.2. The van der Waals surface area contributed by atoms with Crippen LogP contribution in [-0.4, -0.2) is 4.57 Å². The van der Waals surface area contributed by atoms with Crippen LogP contribution >= 0.6 is 0 Å². The zero-order valence-electron chi connectivity index (χ0n) is 24.4. The molecule has 1 heterocycles. The van der Waals surface area contributed by atoms with Crippen molar-refractivity contribution in [2.45, 2.75) is 27.7 Å². The van der Waals surface area contributed by atoms with Gasteiger partial charge in [0.25, 0.3) is 0 Å². The second kappa shape index (κ2) is 13.0. The van der Waals surface area contributed by atoms with Crippen LogP contribution in [0.3, 0.4) is 0 Å².